The lowest BCUT2D eigenvalue weighted by Crippen LogP contribution is -2.41. The van der Waals surface area contributed by atoms with Gasteiger partial charge in [-0.1, -0.05) is 11.6 Å². The average Bonchev–Trinajstić information content (AvgIpc) is 2.47. The minimum atomic E-state index is -0.564. The maximum atomic E-state index is 6.19. The van der Waals surface area contributed by atoms with Crippen LogP contribution in [-0.2, 0) is 9.31 Å². The van der Waals surface area contributed by atoms with Crippen LogP contribution in [0.3, 0.4) is 0 Å². The smallest absolute Gasteiger partial charge is 0.481 e. The van der Waals surface area contributed by atoms with Gasteiger partial charge >= 0.3 is 7.12 Å². The number of halogens is 1. The molecule has 2 rings (SSSR count). The molecule has 0 unspecified atom stereocenters. The lowest BCUT2D eigenvalue weighted by molar-refractivity contribution is 0.00578. The van der Waals surface area contributed by atoms with Gasteiger partial charge in [-0.25, -0.2) is 4.98 Å². The highest BCUT2D eigenvalue weighted by Gasteiger charge is 2.53. The number of aromatic nitrogens is 1. The van der Waals surface area contributed by atoms with Gasteiger partial charge in [-0.3, -0.25) is 0 Å². The second-order valence-corrected chi connectivity index (χ2v) is 5.71. The van der Waals surface area contributed by atoms with Crippen LogP contribution >= 0.6 is 11.6 Å². The van der Waals surface area contributed by atoms with Crippen LogP contribution in [0, 0.1) is 0 Å². The molecule has 0 radical (unpaired) electrons. The predicted molar refractivity (Wildman–Crippen MR) is 71.5 cm³/mol. The summed E-state index contributed by atoms with van der Waals surface area (Å²) in [4.78, 5) is 4.13. The summed E-state index contributed by atoms with van der Waals surface area (Å²) in [6, 6.07) is 1.70. The molecular formula is C12H17BClNO3. The Balaban J connectivity index is 2.41. The maximum absolute atomic E-state index is 6.19. The van der Waals surface area contributed by atoms with Crippen molar-refractivity contribution >= 4 is 24.2 Å². The lowest BCUT2D eigenvalue weighted by atomic mass is 9.79. The Labute approximate surface area is 113 Å². The van der Waals surface area contributed by atoms with E-state index in [9.17, 15) is 0 Å². The van der Waals surface area contributed by atoms with Gasteiger partial charge in [0.05, 0.1) is 23.8 Å². The van der Waals surface area contributed by atoms with Crippen molar-refractivity contribution < 1.29 is 14.0 Å². The third-order valence-corrected chi connectivity index (χ3v) is 3.91. The maximum Gasteiger partial charge on any atom is 0.501 e. The molecule has 0 saturated carbocycles. The quantitative estimate of drug-likeness (QED) is 0.771. The van der Waals surface area contributed by atoms with Gasteiger partial charge in [-0.05, 0) is 33.8 Å². The average molecular weight is 270 g/mol. The molecule has 1 aromatic heterocycles. The van der Waals surface area contributed by atoms with E-state index in [-0.39, 0.29) is 0 Å². The zero-order valence-corrected chi connectivity index (χ0v) is 12.0. The summed E-state index contributed by atoms with van der Waals surface area (Å²) >= 11 is 6.19. The van der Waals surface area contributed by atoms with E-state index < -0.39 is 18.3 Å². The number of hydrogen-bond donors (Lipinski definition) is 0. The summed E-state index contributed by atoms with van der Waals surface area (Å²) < 4.78 is 17.1. The molecule has 0 amide bonds. The van der Waals surface area contributed by atoms with Gasteiger partial charge < -0.3 is 14.0 Å². The van der Waals surface area contributed by atoms with E-state index in [4.69, 9.17) is 25.6 Å². The summed E-state index contributed by atoms with van der Waals surface area (Å²) in [5.41, 5.74) is -0.190. The number of ether oxygens (including phenoxy) is 1. The fourth-order valence-electron chi connectivity index (χ4n) is 1.77. The van der Waals surface area contributed by atoms with Crippen LogP contribution in [0.4, 0.5) is 0 Å². The lowest BCUT2D eigenvalue weighted by Gasteiger charge is -2.32. The highest BCUT2D eigenvalue weighted by Crippen LogP contribution is 2.37. The highest BCUT2D eigenvalue weighted by molar-refractivity contribution is 6.66. The molecule has 1 aliphatic rings. The molecule has 0 aromatic carbocycles. The van der Waals surface area contributed by atoms with Gasteiger partial charge in [0, 0.05) is 11.2 Å². The second-order valence-electron chi connectivity index (χ2n) is 5.30. The summed E-state index contributed by atoms with van der Waals surface area (Å²) in [5, 5.41) is 0.528. The molecule has 4 nitrogen and oxygen atoms in total. The minimum absolute atomic E-state index is 0.415. The first-order valence-corrected chi connectivity index (χ1v) is 6.20. The first-order chi connectivity index (χ1) is 8.28. The normalized spacial score (nSPS) is 21.1. The molecule has 0 bridgehead atoms. The number of nitrogens with zero attached hydrogens (tertiary/aromatic N) is 1. The molecule has 1 aliphatic heterocycles. The van der Waals surface area contributed by atoms with Crippen LogP contribution in [0.5, 0.6) is 5.88 Å². The topological polar surface area (TPSA) is 40.6 Å². The van der Waals surface area contributed by atoms with Crippen LogP contribution in [-0.4, -0.2) is 30.4 Å². The standard InChI is InChI=1S/C12H17BClNO3/c1-11(2)12(3,4)18-13(17-11)9-8(14)6-7-15-10(9)16-5/h6-7H,1-5H3. The molecule has 98 valence electrons. The first-order valence-electron chi connectivity index (χ1n) is 5.82. The first kappa shape index (κ1) is 13.7. The van der Waals surface area contributed by atoms with Gasteiger partial charge in [0.2, 0.25) is 5.88 Å². The van der Waals surface area contributed by atoms with Crippen LogP contribution in [0.25, 0.3) is 0 Å². The Bertz CT molecular complexity index is 449. The van der Waals surface area contributed by atoms with Crippen molar-refractivity contribution in [3.63, 3.8) is 0 Å². The molecule has 18 heavy (non-hydrogen) atoms. The molecule has 0 spiro atoms. The second kappa shape index (κ2) is 4.40. The largest absolute Gasteiger partial charge is 0.501 e. The Morgan fingerprint density at radius 2 is 1.78 bits per heavy atom. The number of rotatable bonds is 2. The van der Waals surface area contributed by atoms with Crippen molar-refractivity contribution in [3.05, 3.63) is 17.3 Å². The number of hydrogen-bond acceptors (Lipinski definition) is 4. The Hall–Kier alpha value is -0.775. The van der Waals surface area contributed by atoms with Gasteiger partial charge in [0.1, 0.15) is 0 Å². The van der Waals surface area contributed by atoms with Crippen LogP contribution < -0.4 is 10.2 Å². The Morgan fingerprint density at radius 3 is 2.28 bits per heavy atom. The van der Waals surface area contributed by atoms with E-state index in [1.165, 1.54) is 0 Å². The third kappa shape index (κ3) is 2.11. The van der Waals surface area contributed by atoms with Gasteiger partial charge in [0.15, 0.2) is 0 Å². The molecule has 1 saturated heterocycles. The molecule has 1 fully saturated rings. The summed E-state index contributed by atoms with van der Waals surface area (Å²) in [6.45, 7) is 7.96. The van der Waals surface area contributed by atoms with Crippen molar-refractivity contribution in [2.75, 3.05) is 7.11 Å². The van der Waals surface area contributed by atoms with Crippen LogP contribution in [0.1, 0.15) is 27.7 Å². The zero-order valence-electron chi connectivity index (χ0n) is 11.3. The van der Waals surface area contributed by atoms with Crippen LogP contribution in [0.15, 0.2) is 12.3 Å². The minimum Gasteiger partial charge on any atom is -0.481 e. The molecule has 6 heteroatoms. The fourth-order valence-corrected chi connectivity index (χ4v) is 2.00. The summed E-state index contributed by atoms with van der Waals surface area (Å²) in [5.74, 6) is 0.431. The third-order valence-electron chi connectivity index (χ3n) is 3.58. The van der Waals surface area contributed by atoms with E-state index in [2.05, 4.69) is 4.98 Å². The zero-order chi connectivity index (χ0) is 13.6. The van der Waals surface area contributed by atoms with Crippen molar-refractivity contribution in [1.82, 2.24) is 4.98 Å². The predicted octanol–water partition coefficient (Wildman–Crippen LogP) is 2.04. The Morgan fingerprint density at radius 1 is 1.22 bits per heavy atom. The molecular weight excluding hydrogens is 252 g/mol. The molecule has 0 aliphatic carbocycles. The van der Waals surface area contributed by atoms with E-state index in [0.29, 0.717) is 16.4 Å². The van der Waals surface area contributed by atoms with Gasteiger partial charge in [-0.15, -0.1) is 0 Å². The number of pyridine rings is 1. The molecule has 2 heterocycles. The number of methoxy groups -OCH3 is 1. The monoisotopic (exact) mass is 269 g/mol. The van der Waals surface area contributed by atoms with Crippen molar-refractivity contribution in [1.29, 1.82) is 0 Å². The van der Waals surface area contributed by atoms with Crippen molar-refractivity contribution in [2.45, 2.75) is 38.9 Å². The van der Waals surface area contributed by atoms with Gasteiger partial charge in [0.25, 0.3) is 0 Å². The molecule has 0 atom stereocenters. The van der Waals surface area contributed by atoms with E-state index >= 15 is 0 Å². The summed E-state index contributed by atoms with van der Waals surface area (Å²) in [6.07, 6.45) is 1.59. The molecule has 0 N–H and O–H groups in total. The van der Waals surface area contributed by atoms with Gasteiger partial charge in [-0.2, -0.15) is 0 Å². The Kier molecular flexibility index (Phi) is 3.34. The summed E-state index contributed by atoms with van der Waals surface area (Å²) in [7, 11) is 0.985. The SMILES string of the molecule is COc1nccc(Cl)c1B1OC(C)(C)C(C)(C)O1. The van der Waals surface area contributed by atoms with E-state index in [1.807, 2.05) is 27.7 Å². The van der Waals surface area contributed by atoms with E-state index in [0.717, 1.165) is 0 Å². The molecule has 1 aromatic rings. The van der Waals surface area contributed by atoms with E-state index in [1.54, 1.807) is 19.4 Å². The highest BCUT2D eigenvalue weighted by atomic mass is 35.5. The van der Waals surface area contributed by atoms with Crippen LogP contribution in [0.2, 0.25) is 5.02 Å². The fraction of sp³-hybridized carbons (Fsp3) is 0.583. The van der Waals surface area contributed by atoms with Crippen molar-refractivity contribution in [2.24, 2.45) is 0 Å². The van der Waals surface area contributed by atoms with Crippen molar-refractivity contribution in [3.8, 4) is 5.88 Å².